The zero-order valence-electron chi connectivity index (χ0n) is 21.1. The molecular formula is C28H48N2O3. The number of nitro groups is 1. The maximum absolute atomic E-state index is 12.0. The van der Waals surface area contributed by atoms with Crippen LogP contribution >= 0.6 is 0 Å². The lowest BCUT2D eigenvalue weighted by Gasteiger charge is -2.05. The molecule has 1 aromatic carbocycles. The Kier molecular flexibility index (Phi) is 18.2. The molecule has 1 amide bonds. The van der Waals surface area contributed by atoms with Gasteiger partial charge >= 0.3 is 0 Å². The maximum atomic E-state index is 12.0. The van der Waals surface area contributed by atoms with Crippen molar-refractivity contribution in [3.05, 3.63) is 34.4 Å². The van der Waals surface area contributed by atoms with Gasteiger partial charge in [0.15, 0.2) is 0 Å². The van der Waals surface area contributed by atoms with Crippen LogP contribution in [0.4, 0.5) is 11.4 Å². The minimum absolute atomic E-state index is 0.0178. The number of hydrogen-bond donors (Lipinski definition) is 1. The van der Waals surface area contributed by atoms with Gasteiger partial charge in [0, 0.05) is 24.2 Å². The highest BCUT2D eigenvalue weighted by atomic mass is 16.6. The molecule has 0 unspecified atom stereocenters. The van der Waals surface area contributed by atoms with Crippen molar-refractivity contribution in [1.82, 2.24) is 0 Å². The Bertz CT molecular complexity index is 616. The first-order valence-electron chi connectivity index (χ1n) is 13.7. The standard InChI is InChI=1S/C28H48N2O3/c1-2-3-4-5-6-7-8-9-10-11-12-13-14-15-16-17-18-19-20-21-28(31)29-26-22-24-27(25-23-26)30(32)33/h22-25H,2-21H2,1H3,(H,29,31). The SMILES string of the molecule is CCCCCCCCCCCCCCCCCCCCCC(=O)Nc1ccc([N+](=O)[O-])cc1. The summed E-state index contributed by atoms with van der Waals surface area (Å²) in [6.07, 6.45) is 26.0. The van der Waals surface area contributed by atoms with E-state index in [1.165, 1.54) is 121 Å². The van der Waals surface area contributed by atoms with E-state index in [1.807, 2.05) is 0 Å². The molecule has 1 N–H and O–H groups in total. The molecule has 188 valence electrons. The molecule has 0 saturated carbocycles. The quantitative estimate of drug-likeness (QED) is 0.106. The van der Waals surface area contributed by atoms with E-state index in [1.54, 1.807) is 12.1 Å². The van der Waals surface area contributed by atoms with Crippen LogP contribution in [-0.2, 0) is 4.79 Å². The zero-order valence-corrected chi connectivity index (χ0v) is 21.1. The summed E-state index contributed by atoms with van der Waals surface area (Å²) in [7, 11) is 0. The summed E-state index contributed by atoms with van der Waals surface area (Å²) in [6, 6.07) is 5.97. The third kappa shape index (κ3) is 17.3. The normalized spacial score (nSPS) is 10.9. The number of rotatable bonds is 22. The molecule has 0 saturated heterocycles. The van der Waals surface area contributed by atoms with Crippen molar-refractivity contribution < 1.29 is 9.72 Å². The van der Waals surface area contributed by atoms with E-state index >= 15 is 0 Å². The van der Waals surface area contributed by atoms with Gasteiger partial charge in [-0.3, -0.25) is 14.9 Å². The van der Waals surface area contributed by atoms with Gasteiger partial charge in [0.1, 0.15) is 0 Å². The molecule has 0 atom stereocenters. The van der Waals surface area contributed by atoms with Gasteiger partial charge in [0.2, 0.25) is 5.91 Å². The highest BCUT2D eigenvalue weighted by Gasteiger charge is 2.06. The molecule has 0 fully saturated rings. The predicted molar refractivity (Wildman–Crippen MR) is 140 cm³/mol. The van der Waals surface area contributed by atoms with Gasteiger partial charge in [-0.1, -0.05) is 122 Å². The molecule has 1 aromatic rings. The minimum Gasteiger partial charge on any atom is -0.326 e. The fourth-order valence-electron chi connectivity index (χ4n) is 4.25. The molecule has 0 aliphatic rings. The Labute approximate surface area is 202 Å². The fraction of sp³-hybridized carbons (Fsp3) is 0.750. The van der Waals surface area contributed by atoms with Crippen LogP contribution in [-0.4, -0.2) is 10.8 Å². The fourth-order valence-corrected chi connectivity index (χ4v) is 4.25. The molecule has 5 heteroatoms. The van der Waals surface area contributed by atoms with E-state index in [0.717, 1.165) is 12.8 Å². The summed E-state index contributed by atoms with van der Waals surface area (Å²) < 4.78 is 0. The van der Waals surface area contributed by atoms with Gasteiger partial charge in [-0.25, -0.2) is 0 Å². The number of carbonyl (C=O) groups excluding carboxylic acids is 1. The Morgan fingerprint density at radius 2 is 1.03 bits per heavy atom. The van der Waals surface area contributed by atoms with E-state index < -0.39 is 4.92 Å². The lowest BCUT2D eigenvalue weighted by atomic mass is 10.0. The first kappa shape index (κ1) is 29.1. The Balaban J connectivity index is 1.80. The van der Waals surface area contributed by atoms with Crippen molar-refractivity contribution >= 4 is 17.3 Å². The predicted octanol–water partition coefficient (Wildman–Crippen LogP) is 9.36. The van der Waals surface area contributed by atoms with E-state index in [9.17, 15) is 14.9 Å². The topological polar surface area (TPSA) is 72.2 Å². The molecular weight excluding hydrogens is 412 g/mol. The smallest absolute Gasteiger partial charge is 0.269 e. The van der Waals surface area contributed by atoms with Crippen LogP contribution in [0.1, 0.15) is 135 Å². The van der Waals surface area contributed by atoms with Gasteiger partial charge in [0.05, 0.1) is 4.92 Å². The van der Waals surface area contributed by atoms with E-state index in [2.05, 4.69) is 12.2 Å². The largest absolute Gasteiger partial charge is 0.326 e. The zero-order chi connectivity index (χ0) is 24.0. The van der Waals surface area contributed by atoms with E-state index in [4.69, 9.17) is 0 Å². The van der Waals surface area contributed by atoms with Crippen LogP contribution in [0.15, 0.2) is 24.3 Å². The second-order valence-electron chi connectivity index (χ2n) is 9.47. The molecule has 0 spiro atoms. The number of unbranched alkanes of at least 4 members (excludes halogenated alkanes) is 18. The highest BCUT2D eigenvalue weighted by Crippen LogP contribution is 2.17. The first-order chi connectivity index (χ1) is 16.1. The summed E-state index contributed by atoms with van der Waals surface area (Å²) in [5, 5.41) is 13.5. The summed E-state index contributed by atoms with van der Waals surface area (Å²) in [5.41, 5.74) is 0.648. The number of non-ortho nitro benzene ring substituents is 1. The molecule has 0 aliphatic carbocycles. The lowest BCUT2D eigenvalue weighted by molar-refractivity contribution is -0.384. The molecule has 0 aromatic heterocycles. The number of anilines is 1. The molecule has 0 bridgehead atoms. The number of amides is 1. The number of carbonyl (C=O) groups is 1. The van der Waals surface area contributed by atoms with Crippen molar-refractivity contribution in [2.75, 3.05) is 5.32 Å². The number of benzene rings is 1. The Morgan fingerprint density at radius 1 is 0.667 bits per heavy atom. The molecule has 5 nitrogen and oxygen atoms in total. The van der Waals surface area contributed by atoms with E-state index in [0.29, 0.717) is 12.1 Å². The minimum atomic E-state index is -0.440. The lowest BCUT2D eigenvalue weighted by Crippen LogP contribution is -2.10. The average Bonchev–Trinajstić information content (AvgIpc) is 2.81. The molecule has 33 heavy (non-hydrogen) atoms. The molecule has 0 heterocycles. The monoisotopic (exact) mass is 460 g/mol. The number of nitro benzene ring substituents is 1. The van der Waals surface area contributed by atoms with Gasteiger partial charge in [-0.05, 0) is 18.6 Å². The second kappa shape index (κ2) is 20.7. The van der Waals surface area contributed by atoms with Crippen LogP contribution in [0.5, 0.6) is 0 Å². The van der Waals surface area contributed by atoms with Crippen molar-refractivity contribution in [2.24, 2.45) is 0 Å². The van der Waals surface area contributed by atoms with Crippen LogP contribution in [0.2, 0.25) is 0 Å². The number of nitrogens with zero attached hydrogens (tertiary/aromatic N) is 1. The van der Waals surface area contributed by atoms with Crippen molar-refractivity contribution in [3.8, 4) is 0 Å². The molecule has 0 aliphatic heterocycles. The Morgan fingerprint density at radius 3 is 1.39 bits per heavy atom. The summed E-state index contributed by atoms with van der Waals surface area (Å²) in [6.45, 7) is 2.28. The maximum Gasteiger partial charge on any atom is 0.269 e. The van der Waals surface area contributed by atoms with Gasteiger partial charge < -0.3 is 5.32 Å². The third-order valence-corrected chi connectivity index (χ3v) is 6.37. The third-order valence-electron chi connectivity index (χ3n) is 6.37. The van der Waals surface area contributed by atoms with Crippen molar-refractivity contribution in [1.29, 1.82) is 0 Å². The summed E-state index contributed by atoms with van der Waals surface area (Å²) in [4.78, 5) is 22.2. The molecule has 1 rings (SSSR count). The van der Waals surface area contributed by atoms with E-state index in [-0.39, 0.29) is 11.6 Å². The van der Waals surface area contributed by atoms with Crippen molar-refractivity contribution in [3.63, 3.8) is 0 Å². The highest BCUT2D eigenvalue weighted by molar-refractivity contribution is 5.90. The average molecular weight is 461 g/mol. The van der Waals surface area contributed by atoms with Crippen molar-refractivity contribution in [2.45, 2.75) is 135 Å². The summed E-state index contributed by atoms with van der Waals surface area (Å²) in [5.74, 6) is -0.0178. The van der Waals surface area contributed by atoms with Crippen LogP contribution in [0.25, 0.3) is 0 Å². The van der Waals surface area contributed by atoms with Crippen LogP contribution in [0, 0.1) is 10.1 Å². The number of hydrogen-bond acceptors (Lipinski definition) is 3. The van der Waals surface area contributed by atoms with Gasteiger partial charge in [0.25, 0.3) is 5.69 Å². The first-order valence-corrected chi connectivity index (χ1v) is 13.7. The summed E-state index contributed by atoms with van der Waals surface area (Å²) >= 11 is 0. The Hall–Kier alpha value is -1.91. The van der Waals surface area contributed by atoms with Crippen LogP contribution < -0.4 is 5.32 Å². The van der Waals surface area contributed by atoms with Gasteiger partial charge in [-0.15, -0.1) is 0 Å². The van der Waals surface area contributed by atoms with Gasteiger partial charge in [-0.2, -0.15) is 0 Å². The van der Waals surface area contributed by atoms with Crippen LogP contribution in [0.3, 0.4) is 0 Å². The molecule has 0 radical (unpaired) electrons. The number of nitrogens with one attached hydrogen (secondary N) is 1. The second-order valence-corrected chi connectivity index (χ2v) is 9.47.